The summed E-state index contributed by atoms with van der Waals surface area (Å²) in [5, 5.41) is 2.36. The molecule has 0 aliphatic carbocycles. The van der Waals surface area contributed by atoms with Crippen molar-refractivity contribution in [3.05, 3.63) is 121 Å². The lowest BCUT2D eigenvalue weighted by atomic mass is 10.3. The maximum absolute atomic E-state index is 5.91. The molecule has 0 saturated carbocycles. The van der Waals surface area contributed by atoms with Crippen LogP contribution in [0.25, 0.3) is 0 Å². The number of aliphatic imine (C=N–C) groups is 4. The molecular formula is C34H46Br4N8OS4. The number of hydrogen-bond acceptors (Lipinski definition) is 8. The van der Waals surface area contributed by atoms with E-state index in [1.807, 2.05) is 121 Å². The van der Waals surface area contributed by atoms with E-state index in [0.29, 0.717) is 20.7 Å². The van der Waals surface area contributed by atoms with Crippen LogP contribution in [0.3, 0.4) is 0 Å². The molecule has 4 aromatic rings. The number of nitrogens with zero attached hydrogens (tertiary/aromatic N) is 4. The fourth-order valence-electron chi connectivity index (χ4n) is 3.47. The molecule has 0 bridgehead atoms. The molecule has 0 aliphatic rings. The monoisotopic (exact) mass is 1030 g/mol. The highest BCUT2D eigenvalue weighted by molar-refractivity contribution is 8.93. The van der Waals surface area contributed by atoms with Crippen molar-refractivity contribution in [3.63, 3.8) is 0 Å². The van der Waals surface area contributed by atoms with Crippen LogP contribution in [0.2, 0.25) is 0 Å². The van der Waals surface area contributed by atoms with Crippen LogP contribution in [-0.4, -0.2) is 49.2 Å². The molecule has 0 spiro atoms. The SMILES string of the molecule is Br.Br.Br.Br.NC(=Nc1ccccc1)SCCCSC(N)=Nc1ccccc1.NC(=Nc1ccccc1)SCCCSC(N)=Nc1ccccc1.O. The zero-order valence-corrected chi connectivity index (χ0v) is 37.8. The van der Waals surface area contributed by atoms with Crippen LogP contribution < -0.4 is 22.9 Å². The maximum Gasteiger partial charge on any atom is 0.159 e. The highest BCUT2D eigenvalue weighted by Crippen LogP contribution is 2.18. The second kappa shape index (κ2) is 33.8. The maximum atomic E-state index is 5.91. The first-order valence-electron chi connectivity index (χ1n) is 14.6. The first-order chi connectivity index (χ1) is 22.5. The normalized spacial score (nSPS) is 11.1. The van der Waals surface area contributed by atoms with Crippen LogP contribution in [0.1, 0.15) is 12.8 Å². The number of nitrogens with two attached hydrogens (primary N) is 4. The van der Waals surface area contributed by atoms with E-state index in [1.54, 1.807) is 47.0 Å². The molecule has 0 unspecified atom stereocenters. The van der Waals surface area contributed by atoms with E-state index in [4.69, 9.17) is 22.9 Å². The molecule has 0 aliphatic heterocycles. The molecule has 0 fully saturated rings. The predicted octanol–water partition coefficient (Wildman–Crippen LogP) is 9.76. The quantitative estimate of drug-likeness (QED) is 0.0614. The lowest BCUT2D eigenvalue weighted by Gasteiger charge is -2.02. The fourth-order valence-corrected chi connectivity index (χ4v) is 6.51. The summed E-state index contributed by atoms with van der Waals surface area (Å²) in [7, 11) is 0. The Labute approximate surface area is 360 Å². The molecule has 0 saturated heterocycles. The number of halogens is 4. The van der Waals surface area contributed by atoms with Gasteiger partial charge in [-0.25, -0.2) is 20.0 Å². The summed E-state index contributed by atoms with van der Waals surface area (Å²) in [5.74, 6) is 3.64. The minimum Gasteiger partial charge on any atom is -0.412 e. The Hall–Kier alpha value is -1.96. The van der Waals surface area contributed by atoms with Gasteiger partial charge in [0.15, 0.2) is 20.7 Å². The van der Waals surface area contributed by atoms with Crippen molar-refractivity contribution < 1.29 is 5.48 Å². The Kier molecular flexibility index (Phi) is 35.4. The molecule has 0 amide bonds. The molecule has 10 N–H and O–H groups in total. The molecule has 0 heterocycles. The minimum absolute atomic E-state index is 0. The molecule has 280 valence electrons. The Morgan fingerprint density at radius 2 is 0.529 bits per heavy atom. The molecule has 0 atom stereocenters. The van der Waals surface area contributed by atoms with Gasteiger partial charge in [0.2, 0.25) is 0 Å². The van der Waals surface area contributed by atoms with E-state index >= 15 is 0 Å². The Bertz CT molecular complexity index is 1310. The summed E-state index contributed by atoms with van der Waals surface area (Å²) in [5.41, 5.74) is 27.2. The van der Waals surface area contributed by atoms with Gasteiger partial charge in [-0.05, 0) is 61.4 Å². The summed E-state index contributed by atoms with van der Waals surface area (Å²) < 4.78 is 0. The van der Waals surface area contributed by atoms with Crippen molar-refractivity contribution in [2.45, 2.75) is 12.8 Å². The number of hydrogen-bond donors (Lipinski definition) is 4. The fraction of sp³-hybridized carbons (Fsp3) is 0.176. The third-order valence-electron chi connectivity index (χ3n) is 5.56. The Balaban J connectivity index is -0.000000823. The zero-order valence-electron chi connectivity index (χ0n) is 27.7. The summed E-state index contributed by atoms with van der Waals surface area (Å²) >= 11 is 6.24. The van der Waals surface area contributed by atoms with Crippen LogP contribution in [0, 0.1) is 0 Å². The van der Waals surface area contributed by atoms with Crippen molar-refractivity contribution in [1.29, 1.82) is 0 Å². The third kappa shape index (κ3) is 26.5. The first-order valence-corrected chi connectivity index (χ1v) is 18.5. The van der Waals surface area contributed by atoms with E-state index in [2.05, 4.69) is 20.0 Å². The van der Waals surface area contributed by atoms with E-state index in [-0.39, 0.29) is 73.4 Å². The number of thioether (sulfide) groups is 4. The lowest BCUT2D eigenvalue weighted by molar-refractivity contribution is 0.824. The topological polar surface area (TPSA) is 185 Å². The second-order valence-corrected chi connectivity index (χ2v) is 13.7. The summed E-state index contributed by atoms with van der Waals surface area (Å²) in [6.07, 6.45) is 1.98. The summed E-state index contributed by atoms with van der Waals surface area (Å²) in [6.45, 7) is 0. The number of para-hydroxylation sites is 4. The number of amidine groups is 4. The molecule has 17 heteroatoms. The first kappa shape index (κ1) is 53.4. The molecule has 51 heavy (non-hydrogen) atoms. The van der Waals surface area contributed by atoms with Crippen molar-refractivity contribution in [1.82, 2.24) is 0 Å². The molecule has 4 aromatic carbocycles. The van der Waals surface area contributed by atoms with Gasteiger partial charge < -0.3 is 28.4 Å². The van der Waals surface area contributed by atoms with Crippen molar-refractivity contribution in [2.24, 2.45) is 42.9 Å². The van der Waals surface area contributed by atoms with Crippen molar-refractivity contribution in [3.8, 4) is 0 Å². The van der Waals surface area contributed by atoms with Gasteiger partial charge in [-0.3, -0.25) is 0 Å². The van der Waals surface area contributed by atoms with Gasteiger partial charge in [-0.1, -0.05) is 120 Å². The van der Waals surface area contributed by atoms with E-state index in [0.717, 1.165) is 58.6 Å². The van der Waals surface area contributed by atoms with E-state index in [1.165, 1.54) is 0 Å². The molecule has 0 radical (unpaired) electrons. The minimum atomic E-state index is 0. The predicted molar refractivity (Wildman–Crippen MR) is 255 cm³/mol. The van der Waals surface area contributed by atoms with Gasteiger partial charge in [0.1, 0.15) is 0 Å². The Morgan fingerprint density at radius 1 is 0.353 bits per heavy atom. The average molecular weight is 1030 g/mol. The van der Waals surface area contributed by atoms with Crippen molar-refractivity contribution in [2.75, 3.05) is 23.0 Å². The largest absolute Gasteiger partial charge is 0.412 e. The number of rotatable bonds is 12. The van der Waals surface area contributed by atoms with Gasteiger partial charge in [-0.2, -0.15) is 0 Å². The Morgan fingerprint density at radius 3 is 0.706 bits per heavy atom. The van der Waals surface area contributed by atoms with Gasteiger partial charge in [0.25, 0.3) is 0 Å². The van der Waals surface area contributed by atoms with Gasteiger partial charge in [0.05, 0.1) is 22.7 Å². The summed E-state index contributed by atoms with van der Waals surface area (Å²) in [6, 6.07) is 38.9. The third-order valence-corrected chi connectivity index (χ3v) is 9.08. The number of benzene rings is 4. The van der Waals surface area contributed by atoms with E-state index < -0.39 is 0 Å². The van der Waals surface area contributed by atoms with Gasteiger partial charge in [-0.15, -0.1) is 67.9 Å². The second-order valence-electron chi connectivity index (χ2n) is 9.24. The average Bonchev–Trinajstić information content (AvgIpc) is 3.06. The molecule has 4 rings (SSSR count). The van der Waals surface area contributed by atoms with Crippen molar-refractivity contribution >= 4 is 158 Å². The summed E-state index contributed by atoms with van der Waals surface area (Å²) in [4.78, 5) is 17.4. The van der Waals surface area contributed by atoms with Crippen LogP contribution >= 0.6 is 115 Å². The molecule has 9 nitrogen and oxygen atoms in total. The van der Waals surface area contributed by atoms with Crippen LogP contribution in [0.4, 0.5) is 22.7 Å². The van der Waals surface area contributed by atoms with Gasteiger partial charge >= 0.3 is 0 Å². The zero-order chi connectivity index (χ0) is 32.7. The highest BCUT2D eigenvalue weighted by Gasteiger charge is 2.00. The van der Waals surface area contributed by atoms with Crippen LogP contribution in [0.5, 0.6) is 0 Å². The molecule has 0 aromatic heterocycles. The van der Waals surface area contributed by atoms with Crippen LogP contribution in [0.15, 0.2) is 141 Å². The highest BCUT2D eigenvalue weighted by atomic mass is 79.9. The standard InChI is InChI=1S/2C17H20N4S2.4BrH.H2O/c2*18-16(20-14-8-3-1-4-9-14)22-12-7-13-23-17(19)21-15-10-5-2-6-11-15;;;;;/h2*1-6,8-11H,7,12-13H2,(H2,18,20)(H2,19,21);4*1H;1H2. The smallest absolute Gasteiger partial charge is 0.159 e. The lowest BCUT2D eigenvalue weighted by Crippen LogP contribution is -2.09. The van der Waals surface area contributed by atoms with E-state index in [9.17, 15) is 0 Å². The van der Waals surface area contributed by atoms with Crippen LogP contribution in [-0.2, 0) is 0 Å². The molecular weight excluding hydrogens is 984 g/mol. The van der Waals surface area contributed by atoms with Gasteiger partial charge in [0, 0.05) is 23.0 Å².